The quantitative estimate of drug-likeness (QED) is 0.0196. The van der Waals surface area contributed by atoms with Gasteiger partial charge in [0, 0.05) is 50.5 Å². The van der Waals surface area contributed by atoms with Crippen molar-refractivity contribution in [3.8, 4) is 11.5 Å². The van der Waals surface area contributed by atoms with E-state index in [1.807, 2.05) is 12.1 Å². The first-order valence-electron chi connectivity index (χ1n) is 36.2. The van der Waals surface area contributed by atoms with Crippen LogP contribution in [0.5, 0.6) is 11.5 Å². The molecule has 2 aromatic rings. The van der Waals surface area contributed by atoms with Crippen LogP contribution in [0.3, 0.4) is 0 Å². The van der Waals surface area contributed by atoms with Gasteiger partial charge in [0.2, 0.25) is 0 Å². The van der Waals surface area contributed by atoms with Crippen LogP contribution in [-0.2, 0) is 76.3 Å². The Morgan fingerprint density at radius 3 is 0.979 bits per heavy atom. The van der Waals surface area contributed by atoms with E-state index in [2.05, 4.69) is 25.6 Å². The van der Waals surface area contributed by atoms with Crippen molar-refractivity contribution in [3.05, 3.63) is 71.8 Å². The Morgan fingerprint density at radius 2 is 0.653 bits per heavy atom. The second-order valence-corrected chi connectivity index (χ2v) is 25.1. The summed E-state index contributed by atoms with van der Waals surface area (Å²) in [5.41, 5.74) is 2.16. The summed E-state index contributed by atoms with van der Waals surface area (Å²) in [6, 6.07) is 15.1. The van der Waals surface area contributed by atoms with Crippen molar-refractivity contribution in [2.45, 2.75) is 277 Å². The predicted molar refractivity (Wildman–Crippen MR) is 362 cm³/mol. The van der Waals surface area contributed by atoms with E-state index in [1.165, 1.54) is 56.9 Å². The molecular weight excluding hydrogens is 1220 g/mol. The van der Waals surface area contributed by atoms with Crippen LogP contribution < -0.4 is 9.47 Å². The summed E-state index contributed by atoms with van der Waals surface area (Å²) in [6.45, 7) is 10.4. The Bertz CT molecular complexity index is 2450. The lowest BCUT2D eigenvalue weighted by Crippen LogP contribution is -2.13. The van der Waals surface area contributed by atoms with E-state index >= 15 is 0 Å². The fourth-order valence-corrected chi connectivity index (χ4v) is 10.8. The van der Waals surface area contributed by atoms with Crippen LogP contribution in [0.25, 0.3) is 0 Å². The topological polar surface area (TPSA) is 246 Å². The van der Waals surface area contributed by atoms with Crippen molar-refractivity contribution < 1.29 is 90.5 Å². The molecule has 1 saturated carbocycles. The van der Waals surface area contributed by atoms with Crippen LogP contribution in [0.2, 0.25) is 0 Å². The van der Waals surface area contributed by atoms with E-state index in [1.54, 1.807) is 31.2 Å². The van der Waals surface area contributed by atoms with Crippen LogP contribution in [0.4, 0.5) is 0 Å². The molecule has 0 radical (unpaired) electrons. The molecule has 1 aliphatic rings. The Labute approximate surface area is 567 Å². The first-order chi connectivity index (χ1) is 46.2. The molecule has 1 fully saturated rings. The average Bonchev–Trinajstić information content (AvgIpc) is 0.924. The number of esters is 9. The zero-order valence-corrected chi connectivity index (χ0v) is 57.9. The molecule has 0 aliphatic heterocycles. The fourth-order valence-electron chi connectivity index (χ4n) is 10.8. The van der Waals surface area contributed by atoms with Gasteiger partial charge in [0.05, 0.1) is 65.0 Å². The molecule has 1 aliphatic carbocycles. The third-order valence-electron chi connectivity index (χ3n) is 16.6. The van der Waals surface area contributed by atoms with Crippen molar-refractivity contribution >= 4 is 53.7 Å². The van der Waals surface area contributed by atoms with Crippen molar-refractivity contribution in [2.24, 2.45) is 5.92 Å². The molecule has 0 N–H and O–H groups in total. The summed E-state index contributed by atoms with van der Waals surface area (Å²) in [5, 5.41) is 0. The Hall–Kier alpha value is -6.79. The van der Waals surface area contributed by atoms with E-state index < -0.39 is 11.9 Å². The number of hydrogen-bond acceptors (Lipinski definition) is 19. The number of hydrogen-bond donors (Lipinski definition) is 0. The first-order valence-corrected chi connectivity index (χ1v) is 36.2. The third kappa shape index (κ3) is 45.3. The van der Waals surface area contributed by atoms with Crippen molar-refractivity contribution in [1.82, 2.24) is 0 Å². The molecule has 0 bridgehead atoms. The molecule has 0 spiro atoms. The number of carbonyl (C=O) groups is 9. The lowest BCUT2D eigenvalue weighted by atomic mass is 9.77. The molecule has 0 unspecified atom stereocenters. The van der Waals surface area contributed by atoms with Crippen LogP contribution in [0, 0.1) is 5.92 Å². The van der Waals surface area contributed by atoms with Crippen LogP contribution in [0.15, 0.2) is 60.7 Å². The van der Waals surface area contributed by atoms with Gasteiger partial charge in [-0.1, -0.05) is 51.3 Å². The molecule has 2 aromatic carbocycles. The van der Waals surface area contributed by atoms with Gasteiger partial charge in [-0.25, -0.2) is 9.59 Å². The van der Waals surface area contributed by atoms with E-state index in [-0.39, 0.29) is 61.0 Å². The highest BCUT2D eigenvalue weighted by Gasteiger charge is 2.23. The number of ether oxygens (including phenoxy) is 10. The van der Waals surface area contributed by atoms with E-state index in [0.29, 0.717) is 204 Å². The van der Waals surface area contributed by atoms with E-state index in [4.69, 9.17) is 47.4 Å². The maximum atomic E-state index is 12.8. The minimum absolute atomic E-state index is 0.218. The van der Waals surface area contributed by atoms with Gasteiger partial charge >= 0.3 is 53.7 Å². The molecule has 19 heteroatoms. The van der Waals surface area contributed by atoms with E-state index in [9.17, 15) is 43.2 Å². The van der Waals surface area contributed by atoms with Gasteiger partial charge in [0.25, 0.3) is 0 Å². The number of rotatable bonds is 58. The largest absolute Gasteiger partial charge is 0.494 e. The normalized spacial score (nSPS) is 13.4. The third-order valence-corrected chi connectivity index (χ3v) is 16.6. The number of unbranched alkanes of at least 4 members (excludes halogenated alkanes) is 19. The first kappa shape index (κ1) is 82.4. The van der Waals surface area contributed by atoms with Gasteiger partial charge in [0.15, 0.2) is 0 Å². The Balaban J connectivity index is 0.983. The SMILES string of the molecule is C=C(C)C(=O)OCCCCCC(=O)OCCCCCC(=O)OCCCCCC(=O)OCCCCCC(=O)OCCCCCC(=O)OCCCCCC(=O)OCCCCCC(=O)OCCCCCCOc1ccc(C(=O)Oc2ccc(C3CCC(CCCCC)CC3)cc2)cc1. The average molecular weight is 1330 g/mol. The van der Waals surface area contributed by atoms with Crippen molar-refractivity contribution in [1.29, 1.82) is 0 Å². The zero-order valence-electron chi connectivity index (χ0n) is 57.9. The molecule has 95 heavy (non-hydrogen) atoms. The zero-order chi connectivity index (χ0) is 68.6. The Kier molecular flexibility index (Phi) is 48.0. The highest BCUT2D eigenvalue weighted by atomic mass is 16.6. The van der Waals surface area contributed by atoms with Gasteiger partial charge in [-0.2, -0.15) is 0 Å². The summed E-state index contributed by atoms with van der Waals surface area (Å²) < 4.78 is 53.7. The highest BCUT2D eigenvalue weighted by molar-refractivity contribution is 5.91. The van der Waals surface area contributed by atoms with Gasteiger partial charge in [-0.3, -0.25) is 33.6 Å². The smallest absolute Gasteiger partial charge is 0.343 e. The standard InChI is InChI=1S/C76H116O19/c1-4-5-15-32-62-40-42-63(43-41-62)64-44-50-67(51-45-64)95-76(85)65-46-48-66(49-47-65)86-52-23-6-7-24-53-87-68(77)33-16-8-25-54-88-69(78)34-17-9-26-55-89-70(79)35-18-10-27-56-90-71(80)36-19-11-28-57-91-72(81)37-20-12-29-58-92-73(82)38-21-13-30-59-93-74(83)39-22-14-31-60-94-75(84)61(2)3/h44-51,62-63H,2,4-43,52-60H2,1,3H3. The summed E-state index contributed by atoms with van der Waals surface area (Å²) in [4.78, 5) is 109. The summed E-state index contributed by atoms with van der Waals surface area (Å²) in [5.74, 6) is 0.0828. The molecule has 0 amide bonds. The fraction of sp³-hybridized carbons (Fsp3) is 0.697. The lowest BCUT2D eigenvalue weighted by Gasteiger charge is -2.29. The van der Waals surface area contributed by atoms with Crippen molar-refractivity contribution in [3.63, 3.8) is 0 Å². The van der Waals surface area contributed by atoms with Gasteiger partial charge in [-0.15, -0.1) is 0 Å². The maximum absolute atomic E-state index is 12.8. The molecule has 534 valence electrons. The van der Waals surface area contributed by atoms with Gasteiger partial charge < -0.3 is 47.4 Å². The number of carbonyl (C=O) groups excluding carboxylic acids is 9. The second-order valence-electron chi connectivity index (χ2n) is 25.1. The van der Waals surface area contributed by atoms with Crippen LogP contribution in [-0.4, -0.2) is 113 Å². The molecule has 0 aromatic heterocycles. The van der Waals surface area contributed by atoms with Crippen LogP contribution >= 0.6 is 0 Å². The van der Waals surface area contributed by atoms with E-state index in [0.717, 1.165) is 76.5 Å². The molecule has 0 saturated heterocycles. The van der Waals surface area contributed by atoms with Crippen LogP contribution in [0.1, 0.15) is 293 Å². The summed E-state index contributed by atoms with van der Waals surface area (Å²) >= 11 is 0. The molecule has 3 rings (SSSR count). The monoisotopic (exact) mass is 1330 g/mol. The van der Waals surface area contributed by atoms with Gasteiger partial charge in [0.1, 0.15) is 11.5 Å². The predicted octanol–water partition coefficient (Wildman–Crippen LogP) is 16.5. The highest BCUT2D eigenvalue weighted by Crippen LogP contribution is 2.38. The Morgan fingerprint density at radius 1 is 0.347 bits per heavy atom. The maximum Gasteiger partial charge on any atom is 0.343 e. The second kappa shape index (κ2) is 55.4. The minimum atomic E-state index is -0.407. The summed E-state index contributed by atoms with van der Waals surface area (Å²) in [7, 11) is 0. The molecular formula is C76H116O19. The van der Waals surface area contributed by atoms with Crippen molar-refractivity contribution in [2.75, 3.05) is 59.5 Å². The van der Waals surface area contributed by atoms with Gasteiger partial charge in [-0.05, 0) is 247 Å². The molecule has 19 nitrogen and oxygen atoms in total. The summed E-state index contributed by atoms with van der Waals surface area (Å²) in [6.07, 6.45) is 30.3. The molecule has 0 atom stereocenters. The number of benzene rings is 2. The minimum Gasteiger partial charge on any atom is -0.494 e. The lowest BCUT2D eigenvalue weighted by molar-refractivity contribution is -0.146. The molecule has 0 heterocycles.